The topological polar surface area (TPSA) is 81.3 Å². The van der Waals surface area contributed by atoms with E-state index < -0.39 is 21.3 Å². The molecule has 0 aliphatic rings. The van der Waals surface area contributed by atoms with Gasteiger partial charge in [-0.1, -0.05) is 0 Å². The molecule has 1 N–H and O–H groups in total. The van der Waals surface area contributed by atoms with Crippen molar-refractivity contribution in [1.29, 1.82) is 0 Å². The third kappa shape index (κ3) is 2.78. The summed E-state index contributed by atoms with van der Waals surface area (Å²) in [5.41, 5.74) is 0.283. The van der Waals surface area contributed by atoms with E-state index in [9.17, 15) is 13.2 Å². The van der Waals surface area contributed by atoms with E-state index in [4.69, 9.17) is 4.42 Å². The molecule has 20 heavy (non-hydrogen) atoms. The normalized spacial score (nSPS) is 13.0. The van der Waals surface area contributed by atoms with Crippen LogP contribution >= 0.6 is 0 Å². The van der Waals surface area contributed by atoms with Gasteiger partial charge in [0.15, 0.2) is 5.58 Å². The maximum absolute atomic E-state index is 12.2. The first-order chi connectivity index (χ1) is 9.14. The fourth-order valence-corrected chi connectivity index (χ4v) is 3.41. The van der Waals surface area contributed by atoms with Crippen LogP contribution in [0.4, 0.5) is 0 Å². The van der Waals surface area contributed by atoms with Gasteiger partial charge in [0, 0.05) is 18.2 Å². The second-order valence-corrected chi connectivity index (χ2v) is 7.28. The summed E-state index contributed by atoms with van der Waals surface area (Å²) in [6.07, 6.45) is 0. The highest BCUT2D eigenvalue weighted by molar-refractivity contribution is 7.89. The number of aryl methyl sites for hydroxylation is 1. The number of nitrogens with zero attached hydrogens (tertiary/aromatic N) is 1. The maximum Gasteiger partial charge on any atom is 0.419 e. The number of sulfonamides is 1. The fourth-order valence-electron chi connectivity index (χ4n) is 1.98. The van der Waals surface area contributed by atoms with Crippen LogP contribution in [-0.2, 0) is 16.6 Å². The highest BCUT2D eigenvalue weighted by Gasteiger charge is 2.23. The zero-order valence-electron chi connectivity index (χ0n) is 11.9. The molecule has 0 saturated heterocycles. The summed E-state index contributed by atoms with van der Waals surface area (Å²) >= 11 is 0. The smallest absolute Gasteiger partial charge is 0.408 e. The van der Waals surface area contributed by atoms with Gasteiger partial charge < -0.3 is 4.42 Å². The quantitative estimate of drug-likeness (QED) is 0.935. The Hall–Kier alpha value is -1.60. The van der Waals surface area contributed by atoms with Gasteiger partial charge in [-0.05, 0) is 39.8 Å². The highest BCUT2D eigenvalue weighted by Crippen LogP contribution is 2.19. The number of oxazole rings is 1. The summed E-state index contributed by atoms with van der Waals surface area (Å²) in [5, 5.41) is 0. The Kier molecular flexibility index (Phi) is 3.51. The van der Waals surface area contributed by atoms with E-state index in [-0.39, 0.29) is 10.5 Å². The second kappa shape index (κ2) is 4.75. The van der Waals surface area contributed by atoms with Crippen molar-refractivity contribution in [3.63, 3.8) is 0 Å². The third-order valence-corrected chi connectivity index (χ3v) is 4.46. The summed E-state index contributed by atoms with van der Waals surface area (Å²) in [4.78, 5) is 11.7. The zero-order chi connectivity index (χ0) is 15.1. The molecular formula is C13H18N2O4S. The Balaban J connectivity index is 2.55. The molecule has 1 aromatic carbocycles. The van der Waals surface area contributed by atoms with E-state index in [0.717, 1.165) is 0 Å². The van der Waals surface area contributed by atoms with Crippen LogP contribution in [0.2, 0.25) is 0 Å². The van der Waals surface area contributed by atoms with Crippen molar-refractivity contribution in [2.24, 2.45) is 0 Å². The largest absolute Gasteiger partial charge is 0.419 e. The summed E-state index contributed by atoms with van der Waals surface area (Å²) in [6, 6.07) is 4.43. The molecule has 110 valence electrons. The molecule has 1 heterocycles. The zero-order valence-corrected chi connectivity index (χ0v) is 12.7. The SMILES string of the molecule is CCn1c(=O)oc2cc(S(=O)(=O)NC(C)(C)C)ccc21. The van der Waals surface area contributed by atoms with Crippen molar-refractivity contribution >= 4 is 21.1 Å². The average molecular weight is 298 g/mol. The fraction of sp³-hybridized carbons (Fsp3) is 0.462. The molecule has 0 fully saturated rings. The predicted octanol–water partition coefficient (Wildman–Crippen LogP) is 1.69. The summed E-state index contributed by atoms with van der Waals surface area (Å²) in [5.74, 6) is -0.485. The van der Waals surface area contributed by atoms with Gasteiger partial charge in [0.25, 0.3) is 0 Å². The second-order valence-electron chi connectivity index (χ2n) is 5.60. The van der Waals surface area contributed by atoms with E-state index in [1.165, 1.54) is 16.7 Å². The maximum atomic E-state index is 12.2. The van der Waals surface area contributed by atoms with Gasteiger partial charge >= 0.3 is 5.76 Å². The Bertz CT molecular complexity index is 794. The molecule has 1 aromatic heterocycles. The third-order valence-electron chi connectivity index (χ3n) is 2.71. The molecule has 0 bridgehead atoms. The molecule has 0 aliphatic heterocycles. The average Bonchev–Trinajstić information content (AvgIpc) is 2.59. The summed E-state index contributed by atoms with van der Waals surface area (Å²) in [7, 11) is -3.64. The highest BCUT2D eigenvalue weighted by atomic mass is 32.2. The molecule has 0 amide bonds. The van der Waals surface area contributed by atoms with Gasteiger partial charge in [-0.25, -0.2) is 17.9 Å². The first-order valence-corrected chi connectivity index (χ1v) is 7.80. The first-order valence-electron chi connectivity index (χ1n) is 6.31. The summed E-state index contributed by atoms with van der Waals surface area (Å²) in [6.45, 7) is 7.57. The number of benzene rings is 1. The standard InChI is InChI=1S/C13H18N2O4S/c1-5-15-10-7-6-9(8-11(10)19-12(15)16)20(17,18)14-13(2,3)4/h6-8,14H,5H2,1-4H3. The van der Waals surface area contributed by atoms with Crippen molar-refractivity contribution in [3.8, 4) is 0 Å². The van der Waals surface area contributed by atoms with Crippen LogP contribution in [0.15, 0.2) is 32.3 Å². The van der Waals surface area contributed by atoms with Crippen LogP contribution in [0, 0.1) is 0 Å². The number of fused-ring (bicyclic) bond motifs is 1. The van der Waals surface area contributed by atoms with Crippen molar-refractivity contribution in [2.45, 2.75) is 44.7 Å². The van der Waals surface area contributed by atoms with Crippen LogP contribution in [0.1, 0.15) is 27.7 Å². The molecule has 0 saturated carbocycles. The molecule has 6 nitrogen and oxygen atoms in total. The minimum Gasteiger partial charge on any atom is -0.408 e. The van der Waals surface area contributed by atoms with Gasteiger partial charge in [-0.2, -0.15) is 0 Å². The van der Waals surface area contributed by atoms with Crippen molar-refractivity contribution in [2.75, 3.05) is 0 Å². The van der Waals surface area contributed by atoms with Gasteiger partial charge in [-0.3, -0.25) is 4.57 Å². The minimum absolute atomic E-state index is 0.0805. The monoisotopic (exact) mass is 298 g/mol. The number of rotatable bonds is 3. The van der Waals surface area contributed by atoms with E-state index in [2.05, 4.69) is 4.72 Å². The van der Waals surface area contributed by atoms with E-state index >= 15 is 0 Å². The lowest BCUT2D eigenvalue weighted by Crippen LogP contribution is -2.40. The van der Waals surface area contributed by atoms with Crippen LogP contribution in [0.5, 0.6) is 0 Å². The first kappa shape index (κ1) is 14.8. The molecule has 0 radical (unpaired) electrons. The van der Waals surface area contributed by atoms with Gasteiger partial charge in [0.2, 0.25) is 10.0 Å². The van der Waals surface area contributed by atoms with Crippen LogP contribution in [-0.4, -0.2) is 18.5 Å². The van der Waals surface area contributed by atoms with E-state index in [0.29, 0.717) is 12.1 Å². The van der Waals surface area contributed by atoms with Crippen LogP contribution in [0.3, 0.4) is 0 Å². The number of hydrogen-bond acceptors (Lipinski definition) is 4. The van der Waals surface area contributed by atoms with Crippen molar-refractivity contribution < 1.29 is 12.8 Å². The predicted molar refractivity (Wildman–Crippen MR) is 76.2 cm³/mol. The Morgan fingerprint density at radius 2 is 1.95 bits per heavy atom. The van der Waals surface area contributed by atoms with Gasteiger partial charge in [-0.15, -0.1) is 0 Å². The number of nitrogens with one attached hydrogen (secondary N) is 1. The Labute approximate surface area is 117 Å². The molecule has 0 atom stereocenters. The summed E-state index contributed by atoms with van der Waals surface area (Å²) < 4.78 is 33.5. The van der Waals surface area contributed by atoms with E-state index in [1.807, 2.05) is 6.92 Å². The molecule has 2 aromatic rings. The Morgan fingerprint density at radius 1 is 1.30 bits per heavy atom. The molecule has 2 rings (SSSR count). The lowest BCUT2D eigenvalue weighted by molar-refractivity contribution is 0.491. The van der Waals surface area contributed by atoms with Gasteiger partial charge in [0.05, 0.1) is 10.4 Å². The Morgan fingerprint density at radius 3 is 2.50 bits per heavy atom. The van der Waals surface area contributed by atoms with Crippen LogP contribution in [0.25, 0.3) is 11.1 Å². The number of hydrogen-bond donors (Lipinski definition) is 1. The van der Waals surface area contributed by atoms with Crippen LogP contribution < -0.4 is 10.5 Å². The minimum atomic E-state index is -3.64. The van der Waals surface area contributed by atoms with Gasteiger partial charge in [0.1, 0.15) is 0 Å². The molecule has 0 spiro atoms. The molecule has 0 unspecified atom stereocenters. The van der Waals surface area contributed by atoms with E-state index in [1.54, 1.807) is 26.8 Å². The lowest BCUT2D eigenvalue weighted by atomic mass is 10.1. The lowest BCUT2D eigenvalue weighted by Gasteiger charge is -2.20. The molecular weight excluding hydrogens is 280 g/mol. The molecule has 0 aliphatic carbocycles. The van der Waals surface area contributed by atoms with Crippen molar-refractivity contribution in [1.82, 2.24) is 9.29 Å². The number of aromatic nitrogens is 1. The van der Waals surface area contributed by atoms with Crippen molar-refractivity contribution in [3.05, 3.63) is 28.7 Å². The molecule has 7 heteroatoms.